The Morgan fingerprint density at radius 1 is 0.870 bits per heavy atom. The molecule has 0 saturated heterocycles. The van der Waals surface area contributed by atoms with Gasteiger partial charge in [0.15, 0.2) is 0 Å². The molecular formula is C38H32N4O2PtS. The van der Waals surface area contributed by atoms with Crippen LogP contribution in [-0.4, -0.2) is 32.2 Å². The van der Waals surface area contributed by atoms with Gasteiger partial charge >= 0.3 is 21.1 Å². The van der Waals surface area contributed by atoms with Gasteiger partial charge in [-0.3, -0.25) is 4.68 Å². The molecule has 0 fully saturated rings. The van der Waals surface area contributed by atoms with Crippen LogP contribution in [-0.2, 0) is 21.1 Å². The summed E-state index contributed by atoms with van der Waals surface area (Å²) in [6.07, 6.45) is 5.76. The van der Waals surface area contributed by atoms with Gasteiger partial charge in [-0.15, -0.1) is 41.4 Å². The van der Waals surface area contributed by atoms with Crippen molar-refractivity contribution >= 4 is 33.6 Å². The van der Waals surface area contributed by atoms with Crippen LogP contribution in [0.1, 0.15) is 23.6 Å². The van der Waals surface area contributed by atoms with E-state index in [-0.39, 0.29) is 21.1 Å². The number of hydrogen-bond donors (Lipinski definition) is 0. The Morgan fingerprint density at radius 2 is 1.67 bits per heavy atom. The summed E-state index contributed by atoms with van der Waals surface area (Å²) >= 11 is 1.86. The Balaban J connectivity index is 0.00000372. The van der Waals surface area contributed by atoms with E-state index in [1.807, 2.05) is 65.4 Å². The summed E-state index contributed by atoms with van der Waals surface area (Å²) in [6.45, 7) is 8.56. The van der Waals surface area contributed by atoms with Gasteiger partial charge in [-0.05, 0) is 90.2 Å². The third-order valence-electron chi connectivity index (χ3n) is 7.88. The van der Waals surface area contributed by atoms with E-state index in [1.54, 1.807) is 7.11 Å². The van der Waals surface area contributed by atoms with Gasteiger partial charge in [-0.2, -0.15) is 11.2 Å². The van der Waals surface area contributed by atoms with E-state index >= 15 is 0 Å². The molecule has 6 nitrogen and oxygen atoms in total. The monoisotopic (exact) mass is 803 g/mol. The molecule has 3 heterocycles. The molecule has 4 aromatic carbocycles. The number of aryl methyl sites for hydroxylation is 3. The molecule has 7 aromatic rings. The number of hydrogen-bond acceptors (Lipinski definition) is 5. The fraction of sp³-hybridized carbons (Fsp3) is 0.158. The number of para-hydroxylation sites is 1. The van der Waals surface area contributed by atoms with Crippen LogP contribution in [0.2, 0.25) is 0 Å². The van der Waals surface area contributed by atoms with E-state index < -0.39 is 0 Å². The van der Waals surface area contributed by atoms with Gasteiger partial charge in [0.05, 0.1) is 13.3 Å². The Hall–Kier alpha value is -4.32. The number of benzene rings is 4. The Bertz CT molecular complexity index is 2180. The molecule has 0 aliphatic carbocycles. The number of fused-ring (bicyclic) bond motifs is 3. The van der Waals surface area contributed by atoms with Crippen molar-refractivity contribution in [2.45, 2.75) is 32.6 Å². The number of thioether (sulfide) groups is 1. The largest absolute Gasteiger partial charge is 2.00 e. The molecule has 0 radical (unpaired) electrons. The van der Waals surface area contributed by atoms with Crippen LogP contribution in [0.5, 0.6) is 17.2 Å². The van der Waals surface area contributed by atoms with Crippen molar-refractivity contribution in [3.63, 3.8) is 0 Å². The summed E-state index contributed by atoms with van der Waals surface area (Å²) in [6, 6.07) is 31.5. The van der Waals surface area contributed by atoms with Crippen molar-refractivity contribution in [1.29, 1.82) is 0 Å². The van der Waals surface area contributed by atoms with Crippen molar-refractivity contribution < 1.29 is 30.5 Å². The first-order chi connectivity index (χ1) is 21.9. The third kappa shape index (κ3) is 5.97. The van der Waals surface area contributed by atoms with Gasteiger partial charge in [-0.25, -0.2) is 4.98 Å². The van der Waals surface area contributed by atoms with Crippen molar-refractivity contribution in [3.05, 3.63) is 120 Å². The molecule has 46 heavy (non-hydrogen) atoms. The number of rotatable bonds is 8. The molecule has 0 atom stereocenters. The maximum atomic E-state index is 6.40. The summed E-state index contributed by atoms with van der Waals surface area (Å²) in [7, 11) is 1.64. The minimum atomic E-state index is 0. The molecule has 7 rings (SSSR count). The topological polar surface area (TPSA) is 54.1 Å². The van der Waals surface area contributed by atoms with Gasteiger partial charge in [0.2, 0.25) is 0 Å². The van der Waals surface area contributed by atoms with E-state index in [0.29, 0.717) is 22.9 Å². The van der Waals surface area contributed by atoms with E-state index in [0.717, 1.165) is 44.5 Å². The average Bonchev–Trinajstić information content (AvgIpc) is 3.64. The van der Waals surface area contributed by atoms with E-state index in [4.69, 9.17) is 14.6 Å². The molecule has 8 heteroatoms. The molecule has 0 aliphatic rings. The number of pyridine rings is 1. The van der Waals surface area contributed by atoms with Crippen molar-refractivity contribution in [2.24, 2.45) is 0 Å². The zero-order valence-electron chi connectivity index (χ0n) is 26.2. The molecule has 0 aliphatic heterocycles. The predicted molar refractivity (Wildman–Crippen MR) is 182 cm³/mol. The SMILES string of the molecule is CCSc1cc(C)c(-c2cnn(-c3[c-]c(Oc4[c-]c5c(cc4)c4ccccc4n5-c4cc(C)ccn4)cc(OC)c3)c2)c(C)c1.[Pt+2]. The zero-order valence-corrected chi connectivity index (χ0v) is 29.3. The van der Waals surface area contributed by atoms with Crippen LogP contribution >= 0.6 is 11.8 Å². The summed E-state index contributed by atoms with van der Waals surface area (Å²) < 4.78 is 16.0. The smallest absolute Gasteiger partial charge is 0.522 e. The first-order valence-corrected chi connectivity index (χ1v) is 15.9. The normalized spacial score (nSPS) is 11.2. The van der Waals surface area contributed by atoms with Crippen LogP contribution in [0.4, 0.5) is 0 Å². The Kier molecular flexibility index (Phi) is 9.08. The molecule has 3 aromatic heterocycles. The maximum absolute atomic E-state index is 6.40. The minimum absolute atomic E-state index is 0. The Labute approximate surface area is 287 Å². The van der Waals surface area contributed by atoms with Crippen molar-refractivity contribution in [3.8, 4) is 39.9 Å². The van der Waals surface area contributed by atoms with Gasteiger partial charge in [0.25, 0.3) is 0 Å². The molecule has 0 unspecified atom stereocenters. The van der Waals surface area contributed by atoms with Gasteiger partial charge in [0.1, 0.15) is 5.82 Å². The summed E-state index contributed by atoms with van der Waals surface area (Å²) in [5, 5.41) is 6.90. The first-order valence-electron chi connectivity index (χ1n) is 14.9. The fourth-order valence-corrected chi connectivity index (χ4v) is 6.80. The molecule has 0 amide bonds. The Morgan fingerprint density at radius 3 is 2.43 bits per heavy atom. The molecule has 0 N–H and O–H groups in total. The molecular weight excluding hydrogens is 772 g/mol. The molecule has 0 spiro atoms. The van der Waals surface area contributed by atoms with E-state index in [1.165, 1.54) is 21.6 Å². The van der Waals surface area contributed by atoms with Crippen LogP contribution in [0.3, 0.4) is 0 Å². The number of methoxy groups -OCH3 is 1. The van der Waals surface area contributed by atoms with E-state index in [2.05, 4.69) is 91.8 Å². The average molecular weight is 804 g/mol. The predicted octanol–water partition coefficient (Wildman–Crippen LogP) is 9.47. The maximum Gasteiger partial charge on any atom is 2.00 e. The van der Waals surface area contributed by atoms with Crippen LogP contribution in [0.15, 0.2) is 96.3 Å². The summed E-state index contributed by atoms with van der Waals surface area (Å²) in [4.78, 5) is 5.97. The zero-order chi connectivity index (χ0) is 31.1. The van der Waals surface area contributed by atoms with Crippen LogP contribution in [0.25, 0.3) is 44.4 Å². The molecule has 0 saturated carbocycles. The molecule has 0 bridgehead atoms. The van der Waals surface area contributed by atoms with Crippen molar-refractivity contribution in [2.75, 3.05) is 12.9 Å². The number of nitrogens with zero attached hydrogens (tertiary/aromatic N) is 4. The second-order valence-corrected chi connectivity index (χ2v) is 12.4. The van der Waals surface area contributed by atoms with Gasteiger partial charge in [0, 0.05) is 45.6 Å². The minimum Gasteiger partial charge on any atom is -0.522 e. The number of aromatic nitrogens is 4. The second-order valence-electron chi connectivity index (χ2n) is 11.0. The van der Waals surface area contributed by atoms with Gasteiger partial charge in [-0.1, -0.05) is 36.7 Å². The van der Waals surface area contributed by atoms with Crippen LogP contribution in [0, 0.1) is 32.9 Å². The quantitative estimate of drug-likeness (QED) is 0.113. The standard InChI is InChI=1S/C38H32N4O2S.Pt/c1-6-45-32-16-25(3)38(26(4)17-32)27-22-40-41(23-27)28-18-30(43-5)20-31(19-28)44-29-11-12-34-33-9-7-8-10-35(33)42(36(34)21-29)37-15-24(2)13-14-39-37;/h7-18,20,22-23H,6H2,1-5H3;/q-2;+2. The van der Waals surface area contributed by atoms with Crippen LogP contribution < -0.4 is 9.47 Å². The molecule has 232 valence electrons. The number of ether oxygens (including phenoxy) is 2. The van der Waals surface area contributed by atoms with Crippen molar-refractivity contribution in [1.82, 2.24) is 19.3 Å². The van der Waals surface area contributed by atoms with E-state index in [9.17, 15) is 0 Å². The van der Waals surface area contributed by atoms with Gasteiger partial charge < -0.3 is 14.0 Å². The third-order valence-corrected chi connectivity index (χ3v) is 8.74. The summed E-state index contributed by atoms with van der Waals surface area (Å²) in [5.41, 5.74) is 8.51. The second kappa shape index (κ2) is 13.2. The fourth-order valence-electron chi connectivity index (χ4n) is 5.95. The summed E-state index contributed by atoms with van der Waals surface area (Å²) in [5.74, 6) is 3.59. The first kappa shape index (κ1) is 31.7.